The molecule has 1 aliphatic carbocycles. The van der Waals surface area contributed by atoms with Gasteiger partial charge in [0.15, 0.2) is 0 Å². The Balaban J connectivity index is 1.83. The van der Waals surface area contributed by atoms with Crippen LogP contribution < -0.4 is 11.1 Å². The number of hydrogen-bond donors (Lipinski definition) is 2. The lowest BCUT2D eigenvalue weighted by molar-refractivity contribution is 0.0941. The maximum absolute atomic E-state index is 12.5. The van der Waals surface area contributed by atoms with Crippen LogP contribution in [-0.2, 0) is 0 Å². The SMILES string of the molecule is CC1(C)CCC(NC(=O)c2sc3ccc(Cl)cc3c2N)C1. The van der Waals surface area contributed by atoms with Crippen molar-refractivity contribution >= 4 is 44.6 Å². The van der Waals surface area contributed by atoms with Crippen LogP contribution in [0.2, 0.25) is 5.02 Å². The van der Waals surface area contributed by atoms with E-state index in [1.807, 2.05) is 18.2 Å². The zero-order valence-electron chi connectivity index (χ0n) is 12.2. The van der Waals surface area contributed by atoms with Gasteiger partial charge in [-0.1, -0.05) is 25.4 Å². The molecular formula is C16H19ClN2OS. The third-order valence-electron chi connectivity index (χ3n) is 4.20. The predicted molar refractivity (Wildman–Crippen MR) is 90.1 cm³/mol. The smallest absolute Gasteiger partial charge is 0.263 e. The second kappa shape index (κ2) is 5.18. The van der Waals surface area contributed by atoms with Gasteiger partial charge in [0, 0.05) is 21.2 Å². The summed E-state index contributed by atoms with van der Waals surface area (Å²) in [7, 11) is 0. The van der Waals surface area contributed by atoms with Gasteiger partial charge >= 0.3 is 0 Å². The van der Waals surface area contributed by atoms with Gasteiger partial charge in [0.05, 0.1) is 5.69 Å². The molecule has 3 N–H and O–H groups in total. The first-order chi connectivity index (χ1) is 9.85. The van der Waals surface area contributed by atoms with E-state index in [4.69, 9.17) is 17.3 Å². The molecular weight excluding hydrogens is 304 g/mol. The molecule has 112 valence electrons. The molecule has 5 heteroatoms. The van der Waals surface area contributed by atoms with Gasteiger partial charge < -0.3 is 11.1 Å². The number of amides is 1. The van der Waals surface area contributed by atoms with Crippen LogP contribution >= 0.6 is 22.9 Å². The van der Waals surface area contributed by atoms with Gasteiger partial charge in [0.1, 0.15) is 4.88 Å². The van der Waals surface area contributed by atoms with Gasteiger partial charge in [-0.25, -0.2) is 0 Å². The number of fused-ring (bicyclic) bond motifs is 1. The zero-order chi connectivity index (χ0) is 15.2. The lowest BCUT2D eigenvalue weighted by Crippen LogP contribution is -2.33. The lowest BCUT2D eigenvalue weighted by Gasteiger charge is -2.17. The van der Waals surface area contributed by atoms with E-state index in [2.05, 4.69) is 19.2 Å². The van der Waals surface area contributed by atoms with E-state index in [9.17, 15) is 4.79 Å². The third-order valence-corrected chi connectivity index (χ3v) is 5.62. The van der Waals surface area contributed by atoms with Crippen LogP contribution in [0.5, 0.6) is 0 Å². The average Bonchev–Trinajstić information content (AvgIpc) is 2.90. The molecule has 0 saturated heterocycles. The molecule has 1 aromatic carbocycles. The Morgan fingerprint density at radius 3 is 2.90 bits per heavy atom. The van der Waals surface area contributed by atoms with Gasteiger partial charge in [0.2, 0.25) is 0 Å². The third kappa shape index (κ3) is 2.87. The summed E-state index contributed by atoms with van der Waals surface area (Å²) in [5.41, 5.74) is 6.98. The van der Waals surface area contributed by atoms with E-state index >= 15 is 0 Å². The minimum absolute atomic E-state index is 0.0625. The molecule has 3 rings (SSSR count). The number of rotatable bonds is 2. The Bertz CT molecular complexity index is 708. The molecule has 1 atom stereocenters. The van der Waals surface area contributed by atoms with Gasteiger partial charge in [0.25, 0.3) is 5.91 Å². The number of thiophene rings is 1. The molecule has 1 amide bonds. The zero-order valence-corrected chi connectivity index (χ0v) is 13.8. The number of nitrogen functional groups attached to an aromatic ring is 1. The first-order valence-electron chi connectivity index (χ1n) is 7.14. The van der Waals surface area contributed by atoms with Crippen LogP contribution in [-0.4, -0.2) is 11.9 Å². The van der Waals surface area contributed by atoms with Gasteiger partial charge in [-0.2, -0.15) is 0 Å². The summed E-state index contributed by atoms with van der Waals surface area (Å²) in [6.45, 7) is 4.49. The van der Waals surface area contributed by atoms with E-state index < -0.39 is 0 Å². The van der Waals surface area contributed by atoms with E-state index in [0.29, 0.717) is 21.0 Å². The number of carbonyl (C=O) groups excluding carboxylic acids is 1. The average molecular weight is 323 g/mol. The molecule has 1 unspecified atom stereocenters. The second-order valence-corrected chi connectivity index (χ2v) is 8.05. The molecule has 0 radical (unpaired) electrons. The number of nitrogens with one attached hydrogen (secondary N) is 1. The van der Waals surface area contributed by atoms with Gasteiger partial charge in [-0.15, -0.1) is 11.3 Å². The van der Waals surface area contributed by atoms with E-state index in [0.717, 1.165) is 29.3 Å². The molecule has 0 spiro atoms. The fraction of sp³-hybridized carbons (Fsp3) is 0.438. The Labute approximate surface area is 133 Å². The summed E-state index contributed by atoms with van der Waals surface area (Å²) >= 11 is 7.43. The van der Waals surface area contributed by atoms with Crippen molar-refractivity contribution in [1.82, 2.24) is 5.32 Å². The summed E-state index contributed by atoms with van der Waals surface area (Å²) < 4.78 is 0.994. The summed E-state index contributed by atoms with van der Waals surface area (Å²) in [6, 6.07) is 5.80. The number of anilines is 1. The van der Waals surface area contributed by atoms with Crippen LogP contribution in [0.15, 0.2) is 18.2 Å². The Morgan fingerprint density at radius 2 is 2.24 bits per heavy atom. The van der Waals surface area contributed by atoms with Crippen LogP contribution in [0.25, 0.3) is 10.1 Å². The standard InChI is InChI=1S/C16H19ClN2OS/c1-16(2)6-5-10(8-16)19-15(20)14-13(18)11-7-9(17)3-4-12(11)21-14/h3-4,7,10H,5-6,8,18H2,1-2H3,(H,19,20). The van der Waals surface area contributed by atoms with Gasteiger partial charge in [-0.05, 0) is 42.9 Å². The van der Waals surface area contributed by atoms with Crippen LogP contribution in [0.3, 0.4) is 0 Å². The number of halogens is 1. The van der Waals surface area contributed by atoms with Crippen LogP contribution in [0.1, 0.15) is 42.8 Å². The lowest BCUT2D eigenvalue weighted by atomic mass is 9.92. The summed E-state index contributed by atoms with van der Waals surface area (Å²) in [5.74, 6) is -0.0625. The quantitative estimate of drug-likeness (QED) is 0.858. The first-order valence-corrected chi connectivity index (χ1v) is 8.33. The highest BCUT2D eigenvalue weighted by Gasteiger charge is 2.32. The molecule has 1 fully saturated rings. The van der Waals surface area contributed by atoms with Crippen molar-refractivity contribution in [2.75, 3.05) is 5.73 Å². The molecule has 21 heavy (non-hydrogen) atoms. The topological polar surface area (TPSA) is 55.1 Å². The fourth-order valence-electron chi connectivity index (χ4n) is 3.07. The Hall–Kier alpha value is -1.26. The van der Waals surface area contributed by atoms with E-state index in [-0.39, 0.29) is 11.9 Å². The molecule has 2 aromatic rings. The fourth-order valence-corrected chi connectivity index (χ4v) is 4.25. The molecule has 0 bridgehead atoms. The summed E-state index contributed by atoms with van der Waals surface area (Å²) in [6.07, 6.45) is 3.21. The predicted octanol–water partition coefficient (Wildman–Crippen LogP) is 4.45. The van der Waals surface area contributed by atoms with Crippen molar-refractivity contribution in [3.05, 3.63) is 28.1 Å². The number of carbonyl (C=O) groups is 1. The maximum Gasteiger partial charge on any atom is 0.263 e. The Kier molecular flexibility index (Phi) is 3.62. The Morgan fingerprint density at radius 1 is 1.48 bits per heavy atom. The number of nitrogens with two attached hydrogens (primary N) is 1. The molecule has 1 saturated carbocycles. The number of hydrogen-bond acceptors (Lipinski definition) is 3. The van der Waals surface area contributed by atoms with Crippen LogP contribution in [0, 0.1) is 5.41 Å². The van der Waals surface area contributed by atoms with Crippen LogP contribution in [0.4, 0.5) is 5.69 Å². The van der Waals surface area contributed by atoms with Crippen molar-refractivity contribution in [2.24, 2.45) is 5.41 Å². The van der Waals surface area contributed by atoms with Gasteiger partial charge in [-0.3, -0.25) is 4.79 Å². The van der Waals surface area contributed by atoms with Crippen molar-refractivity contribution < 1.29 is 4.79 Å². The summed E-state index contributed by atoms with van der Waals surface area (Å²) in [5, 5.41) is 4.63. The van der Waals surface area contributed by atoms with Crippen molar-refractivity contribution in [2.45, 2.75) is 39.2 Å². The minimum Gasteiger partial charge on any atom is -0.397 e. The van der Waals surface area contributed by atoms with Crippen molar-refractivity contribution in [1.29, 1.82) is 0 Å². The molecule has 0 aliphatic heterocycles. The monoisotopic (exact) mass is 322 g/mol. The first kappa shape index (κ1) is 14.7. The number of benzene rings is 1. The second-order valence-electron chi connectivity index (χ2n) is 6.56. The van der Waals surface area contributed by atoms with E-state index in [1.165, 1.54) is 11.3 Å². The van der Waals surface area contributed by atoms with E-state index in [1.54, 1.807) is 0 Å². The highest BCUT2D eigenvalue weighted by atomic mass is 35.5. The minimum atomic E-state index is -0.0625. The molecule has 1 aliphatic rings. The molecule has 1 aromatic heterocycles. The van der Waals surface area contributed by atoms with Crippen molar-refractivity contribution in [3.8, 4) is 0 Å². The molecule has 3 nitrogen and oxygen atoms in total. The highest BCUT2D eigenvalue weighted by molar-refractivity contribution is 7.21. The molecule has 1 heterocycles. The highest BCUT2D eigenvalue weighted by Crippen LogP contribution is 2.38. The largest absolute Gasteiger partial charge is 0.397 e. The summed E-state index contributed by atoms with van der Waals surface area (Å²) in [4.78, 5) is 13.1. The maximum atomic E-state index is 12.5. The van der Waals surface area contributed by atoms with Crippen molar-refractivity contribution in [3.63, 3.8) is 0 Å². The normalized spacial score (nSPS) is 20.8.